The molecule has 1 atom stereocenters. The first kappa shape index (κ1) is 17.4. The maximum Gasteiger partial charge on any atom is 0.264 e. The van der Waals surface area contributed by atoms with Crippen molar-refractivity contribution < 1.29 is 9.18 Å². The molecule has 0 bridgehead atoms. The molecular weight excluding hydrogens is 391 g/mol. The highest BCUT2D eigenvalue weighted by atomic mass is 79.9. The van der Waals surface area contributed by atoms with Crippen LogP contribution in [0.15, 0.2) is 40.2 Å². The van der Waals surface area contributed by atoms with Crippen molar-refractivity contribution in [2.45, 2.75) is 6.04 Å². The molecule has 1 aliphatic rings. The molecule has 2 aromatic rings. The predicted octanol–water partition coefficient (Wildman–Crippen LogP) is 3.86. The van der Waals surface area contributed by atoms with E-state index in [1.165, 1.54) is 23.5 Å². The molecule has 1 aromatic carbocycles. The van der Waals surface area contributed by atoms with Crippen LogP contribution in [0.4, 0.5) is 4.39 Å². The number of rotatable bonds is 2. The second kappa shape index (κ2) is 7.55. The quantitative estimate of drug-likeness (QED) is 0.823. The molecule has 3 nitrogen and oxygen atoms in total. The average Bonchev–Trinajstić information content (AvgIpc) is 2.93. The standard InChI is InChI=1S/C15H14BrFN2OS.ClH/c16-11-7-14(21-9-11)15(20)19-5-4-18-8-13(19)10-2-1-3-12(17)6-10;/h1-3,6-7,9,13,18H,4-5,8H2;1H. The lowest BCUT2D eigenvalue weighted by molar-refractivity contribution is 0.0639. The Morgan fingerprint density at radius 1 is 1.41 bits per heavy atom. The summed E-state index contributed by atoms with van der Waals surface area (Å²) in [6.07, 6.45) is 0. The lowest BCUT2D eigenvalue weighted by atomic mass is 10.0. The zero-order valence-corrected chi connectivity index (χ0v) is 14.8. The largest absolute Gasteiger partial charge is 0.328 e. The van der Waals surface area contributed by atoms with Gasteiger partial charge in [-0.2, -0.15) is 0 Å². The summed E-state index contributed by atoms with van der Waals surface area (Å²) in [5.74, 6) is -0.272. The van der Waals surface area contributed by atoms with E-state index >= 15 is 0 Å². The van der Waals surface area contributed by atoms with E-state index in [0.717, 1.165) is 16.6 Å². The lowest BCUT2D eigenvalue weighted by Crippen LogP contribution is -2.48. The van der Waals surface area contributed by atoms with E-state index in [2.05, 4.69) is 21.2 Å². The van der Waals surface area contributed by atoms with E-state index in [9.17, 15) is 9.18 Å². The Morgan fingerprint density at radius 3 is 2.91 bits per heavy atom. The number of piperazine rings is 1. The number of nitrogens with one attached hydrogen (secondary N) is 1. The van der Waals surface area contributed by atoms with Crippen LogP contribution in [0.1, 0.15) is 21.3 Å². The van der Waals surface area contributed by atoms with E-state index in [4.69, 9.17) is 0 Å². The van der Waals surface area contributed by atoms with Gasteiger partial charge in [-0.1, -0.05) is 12.1 Å². The summed E-state index contributed by atoms with van der Waals surface area (Å²) in [5, 5.41) is 5.17. The van der Waals surface area contributed by atoms with Gasteiger partial charge in [0.05, 0.1) is 10.9 Å². The molecule has 22 heavy (non-hydrogen) atoms. The molecule has 1 unspecified atom stereocenters. The average molecular weight is 406 g/mol. The van der Waals surface area contributed by atoms with Crippen LogP contribution in [0.3, 0.4) is 0 Å². The van der Waals surface area contributed by atoms with Crippen molar-refractivity contribution in [3.8, 4) is 0 Å². The number of carbonyl (C=O) groups is 1. The number of amides is 1. The van der Waals surface area contributed by atoms with Gasteiger partial charge in [-0.25, -0.2) is 4.39 Å². The van der Waals surface area contributed by atoms with Gasteiger partial charge in [0.15, 0.2) is 0 Å². The third-order valence-electron chi connectivity index (χ3n) is 3.52. The van der Waals surface area contributed by atoms with Crippen molar-refractivity contribution >= 4 is 45.6 Å². The molecule has 1 fully saturated rings. The zero-order valence-electron chi connectivity index (χ0n) is 11.6. The molecule has 1 aromatic heterocycles. The van der Waals surface area contributed by atoms with Gasteiger partial charge < -0.3 is 10.2 Å². The normalized spacial score (nSPS) is 17.9. The third-order valence-corrected chi connectivity index (χ3v) is 5.20. The van der Waals surface area contributed by atoms with Crippen LogP contribution in [0, 0.1) is 5.82 Å². The van der Waals surface area contributed by atoms with Crippen molar-refractivity contribution in [2.75, 3.05) is 19.6 Å². The minimum atomic E-state index is -0.274. The van der Waals surface area contributed by atoms with Crippen molar-refractivity contribution in [3.63, 3.8) is 0 Å². The number of halogens is 3. The zero-order chi connectivity index (χ0) is 14.8. The minimum Gasteiger partial charge on any atom is -0.328 e. The molecule has 0 aliphatic carbocycles. The maximum atomic E-state index is 13.4. The van der Waals surface area contributed by atoms with Gasteiger partial charge in [0.1, 0.15) is 5.82 Å². The summed E-state index contributed by atoms with van der Waals surface area (Å²) < 4.78 is 14.4. The highest BCUT2D eigenvalue weighted by Gasteiger charge is 2.29. The topological polar surface area (TPSA) is 32.3 Å². The first-order valence-electron chi connectivity index (χ1n) is 6.66. The Morgan fingerprint density at radius 2 is 2.23 bits per heavy atom. The van der Waals surface area contributed by atoms with E-state index in [1.54, 1.807) is 6.07 Å². The van der Waals surface area contributed by atoms with Crippen LogP contribution in [0.2, 0.25) is 0 Å². The first-order valence-corrected chi connectivity index (χ1v) is 8.33. The number of thiophene rings is 1. The summed E-state index contributed by atoms with van der Waals surface area (Å²) in [6.45, 7) is 2.02. The summed E-state index contributed by atoms with van der Waals surface area (Å²) in [7, 11) is 0. The molecule has 2 heterocycles. The molecule has 3 rings (SSSR count). The lowest BCUT2D eigenvalue weighted by Gasteiger charge is -2.36. The summed E-state index contributed by atoms with van der Waals surface area (Å²) in [5.41, 5.74) is 0.825. The van der Waals surface area contributed by atoms with E-state index in [-0.39, 0.29) is 30.2 Å². The molecule has 1 amide bonds. The fourth-order valence-electron chi connectivity index (χ4n) is 2.53. The van der Waals surface area contributed by atoms with Crippen LogP contribution in [-0.2, 0) is 0 Å². The number of carbonyl (C=O) groups excluding carboxylic acids is 1. The van der Waals surface area contributed by atoms with E-state index < -0.39 is 0 Å². The Balaban J connectivity index is 0.00000176. The van der Waals surface area contributed by atoms with Gasteiger partial charge in [-0.3, -0.25) is 4.79 Å². The van der Waals surface area contributed by atoms with Crippen LogP contribution >= 0.6 is 39.7 Å². The van der Waals surface area contributed by atoms with Gasteiger partial charge in [0, 0.05) is 29.5 Å². The number of hydrogen-bond acceptors (Lipinski definition) is 3. The number of hydrogen-bond donors (Lipinski definition) is 1. The van der Waals surface area contributed by atoms with Crippen LogP contribution in [-0.4, -0.2) is 30.4 Å². The Hall–Kier alpha value is -0.950. The molecule has 1 saturated heterocycles. The van der Waals surface area contributed by atoms with Crippen LogP contribution in [0.25, 0.3) is 0 Å². The highest BCUT2D eigenvalue weighted by Crippen LogP contribution is 2.27. The molecule has 1 aliphatic heterocycles. The second-order valence-corrected chi connectivity index (χ2v) is 6.73. The summed E-state index contributed by atoms with van der Waals surface area (Å²) in [6, 6.07) is 8.17. The fraction of sp³-hybridized carbons (Fsp3) is 0.267. The molecule has 7 heteroatoms. The predicted molar refractivity (Wildman–Crippen MR) is 92.3 cm³/mol. The van der Waals surface area contributed by atoms with Crippen molar-refractivity contribution in [1.29, 1.82) is 0 Å². The number of benzene rings is 1. The number of nitrogens with zero attached hydrogens (tertiary/aromatic N) is 1. The third kappa shape index (κ3) is 3.68. The molecule has 0 saturated carbocycles. The van der Waals surface area contributed by atoms with Crippen molar-refractivity contribution in [1.82, 2.24) is 10.2 Å². The van der Waals surface area contributed by atoms with Gasteiger partial charge in [-0.05, 0) is 39.7 Å². The Labute approximate surface area is 147 Å². The molecule has 0 spiro atoms. The maximum absolute atomic E-state index is 13.4. The van der Waals surface area contributed by atoms with E-state index in [1.807, 2.05) is 22.4 Å². The van der Waals surface area contributed by atoms with E-state index in [0.29, 0.717) is 18.0 Å². The van der Waals surface area contributed by atoms with Gasteiger partial charge in [-0.15, -0.1) is 23.7 Å². The first-order chi connectivity index (χ1) is 10.1. The van der Waals surface area contributed by atoms with Gasteiger partial charge in [0.2, 0.25) is 0 Å². The van der Waals surface area contributed by atoms with Crippen LogP contribution < -0.4 is 5.32 Å². The molecule has 118 valence electrons. The van der Waals surface area contributed by atoms with Crippen molar-refractivity contribution in [3.05, 3.63) is 56.4 Å². The van der Waals surface area contributed by atoms with Gasteiger partial charge >= 0.3 is 0 Å². The monoisotopic (exact) mass is 404 g/mol. The molecular formula is C15H15BrClFN2OS. The SMILES string of the molecule is Cl.O=C(c1cc(Br)cs1)N1CCNCC1c1cccc(F)c1. The minimum absolute atomic E-state index is 0. The second-order valence-electron chi connectivity index (χ2n) is 4.90. The summed E-state index contributed by atoms with van der Waals surface area (Å²) in [4.78, 5) is 15.2. The Kier molecular flexibility index (Phi) is 5.97. The fourth-order valence-corrected chi connectivity index (χ4v) is 3.91. The summed E-state index contributed by atoms with van der Waals surface area (Å²) >= 11 is 4.79. The molecule has 0 radical (unpaired) electrons. The highest BCUT2D eigenvalue weighted by molar-refractivity contribution is 9.10. The van der Waals surface area contributed by atoms with Gasteiger partial charge in [0.25, 0.3) is 5.91 Å². The van der Waals surface area contributed by atoms with Crippen molar-refractivity contribution in [2.24, 2.45) is 0 Å². The van der Waals surface area contributed by atoms with Crippen LogP contribution in [0.5, 0.6) is 0 Å². The smallest absolute Gasteiger partial charge is 0.264 e. The molecule has 1 N–H and O–H groups in total. The Bertz CT molecular complexity index is 666.